The Morgan fingerprint density at radius 1 is 1.27 bits per heavy atom. The number of amides is 1. The average Bonchev–Trinajstić information content (AvgIpc) is 3.00. The molecular weight excluding hydrogens is 347 g/mol. The van der Waals surface area contributed by atoms with Crippen LogP contribution in [0.5, 0.6) is 0 Å². The summed E-state index contributed by atoms with van der Waals surface area (Å²) in [6.07, 6.45) is 2.93. The zero-order chi connectivity index (χ0) is 18.7. The predicted octanol–water partition coefficient (Wildman–Crippen LogP) is 3.73. The van der Waals surface area contributed by atoms with Gasteiger partial charge in [0.05, 0.1) is 24.3 Å². The largest absolute Gasteiger partial charge is 0.394 e. The Bertz CT molecular complexity index is 764. The molecule has 6 nitrogen and oxygen atoms in total. The SMILES string of the molecule is NC(=O)c1cn(C2CCCCC2)nc1Nc1ccc(CC(F)(F)F)nc1. The van der Waals surface area contributed by atoms with Gasteiger partial charge in [-0.15, -0.1) is 0 Å². The molecule has 0 atom stereocenters. The van der Waals surface area contributed by atoms with E-state index in [0.29, 0.717) is 5.69 Å². The molecule has 2 aromatic rings. The highest BCUT2D eigenvalue weighted by Gasteiger charge is 2.28. The minimum atomic E-state index is -4.31. The van der Waals surface area contributed by atoms with E-state index in [4.69, 9.17) is 5.73 Å². The first-order valence-corrected chi connectivity index (χ1v) is 8.49. The number of halogens is 3. The van der Waals surface area contributed by atoms with Gasteiger partial charge >= 0.3 is 6.18 Å². The van der Waals surface area contributed by atoms with Gasteiger partial charge in [-0.05, 0) is 25.0 Å². The number of nitrogens with one attached hydrogen (secondary N) is 1. The maximum absolute atomic E-state index is 12.4. The minimum absolute atomic E-state index is 0.0779. The van der Waals surface area contributed by atoms with Crippen molar-refractivity contribution in [2.45, 2.75) is 50.7 Å². The van der Waals surface area contributed by atoms with Crippen LogP contribution < -0.4 is 11.1 Å². The van der Waals surface area contributed by atoms with Gasteiger partial charge in [-0.25, -0.2) is 0 Å². The van der Waals surface area contributed by atoms with Crippen molar-refractivity contribution >= 4 is 17.4 Å². The summed E-state index contributed by atoms with van der Waals surface area (Å²) in [5.74, 6) is -0.329. The minimum Gasteiger partial charge on any atom is -0.365 e. The number of nitrogens with two attached hydrogens (primary N) is 1. The Labute approximate surface area is 148 Å². The third kappa shape index (κ3) is 4.53. The average molecular weight is 367 g/mol. The van der Waals surface area contributed by atoms with E-state index in [-0.39, 0.29) is 23.1 Å². The third-order valence-electron chi connectivity index (χ3n) is 4.42. The Kier molecular flexibility index (Phi) is 5.15. The maximum atomic E-state index is 12.4. The lowest BCUT2D eigenvalue weighted by Crippen LogP contribution is -2.14. The van der Waals surface area contributed by atoms with Crippen LogP contribution in [0.2, 0.25) is 0 Å². The number of anilines is 2. The van der Waals surface area contributed by atoms with Crippen molar-refractivity contribution in [2.75, 3.05) is 5.32 Å². The number of pyridine rings is 1. The summed E-state index contributed by atoms with van der Waals surface area (Å²) in [6, 6.07) is 2.99. The van der Waals surface area contributed by atoms with Crippen LogP contribution in [0.25, 0.3) is 0 Å². The van der Waals surface area contributed by atoms with Crippen molar-refractivity contribution in [1.29, 1.82) is 0 Å². The smallest absolute Gasteiger partial charge is 0.365 e. The van der Waals surface area contributed by atoms with Gasteiger partial charge in [-0.1, -0.05) is 19.3 Å². The highest BCUT2D eigenvalue weighted by molar-refractivity contribution is 5.98. The number of nitrogens with zero attached hydrogens (tertiary/aromatic N) is 3. The molecule has 0 aromatic carbocycles. The third-order valence-corrected chi connectivity index (χ3v) is 4.42. The predicted molar refractivity (Wildman–Crippen MR) is 90.1 cm³/mol. The van der Waals surface area contributed by atoms with Crippen LogP contribution in [-0.2, 0) is 6.42 Å². The highest BCUT2D eigenvalue weighted by atomic mass is 19.4. The second-order valence-corrected chi connectivity index (χ2v) is 6.48. The lowest BCUT2D eigenvalue weighted by Gasteiger charge is -2.21. The monoisotopic (exact) mass is 367 g/mol. The van der Waals surface area contributed by atoms with Gasteiger partial charge in [0, 0.05) is 11.9 Å². The van der Waals surface area contributed by atoms with Gasteiger partial charge in [0.15, 0.2) is 5.82 Å². The number of primary amides is 1. The molecule has 1 amide bonds. The summed E-state index contributed by atoms with van der Waals surface area (Å²) in [5.41, 5.74) is 6.04. The van der Waals surface area contributed by atoms with Gasteiger partial charge in [0.25, 0.3) is 5.91 Å². The molecule has 3 rings (SSSR count). The van der Waals surface area contributed by atoms with E-state index in [9.17, 15) is 18.0 Å². The molecule has 9 heteroatoms. The van der Waals surface area contributed by atoms with Crippen molar-refractivity contribution in [1.82, 2.24) is 14.8 Å². The zero-order valence-corrected chi connectivity index (χ0v) is 14.1. The van der Waals surface area contributed by atoms with Crippen LogP contribution in [0.4, 0.5) is 24.7 Å². The number of hydrogen-bond acceptors (Lipinski definition) is 4. The molecule has 3 N–H and O–H groups in total. The second kappa shape index (κ2) is 7.35. The number of rotatable bonds is 5. The molecule has 140 valence electrons. The van der Waals surface area contributed by atoms with Crippen molar-refractivity contribution < 1.29 is 18.0 Å². The fourth-order valence-corrected chi connectivity index (χ4v) is 3.14. The molecule has 0 saturated heterocycles. The Hall–Kier alpha value is -2.58. The number of hydrogen-bond donors (Lipinski definition) is 2. The number of alkyl halides is 3. The zero-order valence-electron chi connectivity index (χ0n) is 14.1. The van der Waals surface area contributed by atoms with E-state index in [0.717, 1.165) is 25.7 Å². The highest BCUT2D eigenvalue weighted by Crippen LogP contribution is 2.30. The quantitative estimate of drug-likeness (QED) is 0.843. The standard InChI is InChI=1S/C17H20F3N5O/c18-17(19,20)8-11-6-7-12(9-22-11)23-16-14(15(21)26)10-25(24-16)13-4-2-1-3-5-13/h6-7,9-10,13H,1-5,8H2,(H2,21,26)(H,23,24). The first-order valence-electron chi connectivity index (χ1n) is 8.49. The summed E-state index contributed by atoms with van der Waals surface area (Å²) in [7, 11) is 0. The van der Waals surface area contributed by atoms with Crippen molar-refractivity contribution in [3.8, 4) is 0 Å². The van der Waals surface area contributed by atoms with Gasteiger partial charge in [-0.2, -0.15) is 18.3 Å². The first kappa shape index (κ1) is 18.2. The fraction of sp³-hybridized carbons (Fsp3) is 0.471. The van der Waals surface area contributed by atoms with Crippen molar-refractivity contribution in [3.05, 3.63) is 35.8 Å². The molecule has 0 radical (unpaired) electrons. The summed E-state index contributed by atoms with van der Waals surface area (Å²) < 4.78 is 38.9. The van der Waals surface area contributed by atoms with Gasteiger partial charge in [-0.3, -0.25) is 14.5 Å². The van der Waals surface area contributed by atoms with E-state index in [1.165, 1.54) is 24.8 Å². The molecule has 0 aliphatic heterocycles. The van der Waals surface area contributed by atoms with Crippen LogP contribution in [-0.4, -0.2) is 26.8 Å². The van der Waals surface area contributed by atoms with E-state index in [2.05, 4.69) is 15.4 Å². The van der Waals surface area contributed by atoms with Gasteiger partial charge in [0.2, 0.25) is 0 Å². The van der Waals surface area contributed by atoms with Gasteiger partial charge in [0.1, 0.15) is 5.56 Å². The topological polar surface area (TPSA) is 85.8 Å². The van der Waals surface area contributed by atoms with Crippen molar-refractivity contribution in [2.24, 2.45) is 5.73 Å². The van der Waals surface area contributed by atoms with Crippen molar-refractivity contribution in [3.63, 3.8) is 0 Å². The Morgan fingerprint density at radius 2 is 2.00 bits per heavy atom. The number of aromatic nitrogens is 3. The maximum Gasteiger partial charge on any atom is 0.394 e. The molecule has 1 saturated carbocycles. The van der Waals surface area contributed by atoms with Gasteiger partial charge < -0.3 is 11.1 Å². The molecular formula is C17H20F3N5O. The second-order valence-electron chi connectivity index (χ2n) is 6.48. The van der Waals surface area contributed by atoms with Crippen LogP contribution in [0.1, 0.15) is 54.2 Å². The molecule has 0 spiro atoms. The fourth-order valence-electron chi connectivity index (χ4n) is 3.14. The summed E-state index contributed by atoms with van der Waals surface area (Å²) in [4.78, 5) is 15.5. The molecule has 2 aromatic heterocycles. The Morgan fingerprint density at radius 3 is 2.58 bits per heavy atom. The first-order chi connectivity index (χ1) is 12.3. The van der Waals surface area contributed by atoms with Crippen LogP contribution in [0.15, 0.2) is 24.5 Å². The summed E-state index contributed by atoms with van der Waals surface area (Å²) in [6.45, 7) is 0. The summed E-state index contributed by atoms with van der Waals surface area (Å²) in [5, 5.41) is 7.36. The van der Waals surface area contributed by atoms with Crippen LogP contribution in [0, 0.1) is 0 Å². The molecule has 1 aliphatic carbocycles. The number of carbonyl (C=O) groups excluding carboxylic acids is 1. The Balaban J connectivity index is 1.78. The molecule has 2 heterocycles. The summed E-state index contributed by atoms with van der Waals surface area (Å²) >= 11 is 0. The number of carbonyl (C=O) groups is 1. The molecule has 0 bridgehead atoms. The lowest BCUT2D eigenvalue weighted by atomic mass is 9.96. The van der Waals surface area contributed by atoms with Crippen LogP contribution >= 0.6 is 0 Å². The molecule has 26 heavy (non-hydrogen) atoms. The molecule has 1 aliphatic rings. The molecule has 1 fully saturated rings. The van der Waals surface area contributed by atoms with E-state index in [1.807, 2.05) is 0 Å². The molecule has 0 unspecified atom stereocenters. The van der Waals surface area contributed by atoms with E-state index < -0.39 is 18.5 Å². The van der Waals surface area contributed by atoms with Crippen LogP contribution in [0.3, 0.4) is 0 Å². The normalized spacial score (nSPS) is 15.8. The van der Waals surface area contributed by atoms with E-state index >= 15 is 0 Å². The lowest BCUT2D eigenvalue weighted by molar-refractivity contribution is -0.127. The van der Waals surface area contributed by atoms with E-state index in [1.54, 1.807) is 10.9 Å².